The average molecular weight is 991 g/mol. The highest BCUT2D eigenvalue weighted by molar-refractivity contribution is 7.47. The van der Waals surface area contributed by atoms with Gasteiger partial charge in [0.1, 0.15) is 42.7 Å². The lowest BCUT2D eigenvalue weighted by molar-refractivity contribution is -0.220. The van der Waals surface area contributed by atoms with Gasteiger partial charge in [-0.1, -0.05) is 238 Å². The van der Waals surface area contributed by atoms with Crippen molar-refractivity contribution in [2.75, 3.05) is 19.8 Å². The molecule has 13 heteroatoms. The Morgan fingerprint density at radius 2 is 0.779 bits per heavy atom. The zero-order valence-corrected chi connectivity index (χ0v) is 44.6. The summed E-state index contributed by atoms with van der Waals surface area (Å²) in [5.41, 5.74) is 0. The number of allylic oxidation sites excluding steroid dienone is 2. The molecule has 0 amide bonds. The molecular weight excluding hydrogens is 884 g/mol. The normalized spacial score (nSPS) is 21.1. The number of phosphoric acid groups is 1. The molecule has 1 fully saturated rings. The molecule has 0 radical (unpaired) electrons. The zero-order chi connectivity index (χ0) is 49.8. The minimum Gasteiger partial charge on any atom is -0.457 e. The van der Waals surface area contributed by atoms with Crippen LogP contribution in [0, 0.1) is 0 Å². The van der Waals surface area contributed by atoms with Gasteiger partial charge in [-0.05, 0) is 38.5 Å². The number of hydrogen-bond acceptors (Lipinski definition) is 11. The minimum absolute atomic E-state index is 0.0718. The van der Waals surface area contributed by atoms with E-state index in [9.17, 15) is 39.8 Å². The van der Waals surface area contributed by atoms with Gasteiger partial charge in [0.2, 0.25) is 0 Å². The Bertz CT molecular complexity index is 1180. The molecule has 1 aliphatic carbocycles. The quantitative estimate of drug-likeness (QED) is 0.0146. The molecule has 0 aromatic carbocycles. The van der Waals surface area contributed by atoms with Crippen molar-refractivity contribution < 1.29 is 58.3 Å². The highest BCUT2D eigenvalue weighted by Gasteiger charge is 2.51. The van der Waals surface area contributed by atoms with E-state index in [1.54, 1.807) is 0 Å². The van der Waals surface area contributed by atoms with E-state index < -0.39 is 63.1 Å². The highest BCUT2D eigenvalue weighted by Crippen LogP contribution is 2.47. The topological polar surface area (TPSA) is 192 Å². The van der Waals surface area contributed by atoms with Crippen LogP contribution in [-0.4, -0.2) is 98.9 Å². The largest absolute Gasteiger partial charge is 0.472 e. The maximum absolute atomic E-state index is 12.9. The number of phosphoric ester groups is 1. The van der Waals surface area contributed by atoms with Gasteiger partial charge in [-0.25, -0.2) is 4.57 Å². The summed E-state index contributed by atoms with van der Waals surface area (Å²) in [5.74, 6) is -0.475. The van der Waals surface area contributed by atoms with E-state index in [1.165, 1.54) is 199 Å². The van der Waals surface area contributed by atoms with Crippen LogP contribution in [0.3, 0.4) is 0 Å². The molecule has 0 aromatic rings. The molecular formula is C55H107O12P. The monoisotopic (exact) mass is 991 g/mol. The molecule has 1 saturated carbocycles. The van der Waals surface area contributed by atoms with Crippen LogP contribution < -0.4 is 0 Å². The number of ether oxygens (including phenoxy) is 2. The molecule has 0 heterocycles. The summed E-state index contributed by atoms with van der Waals surface area (Å²) < 4.78 is 34.4. The Morgan fingerprint density at radius 3 is 1.16 bits per heavy atom. The van der Waals surface area contributed by atoms with E-state index in [1.807, 2.05) is 0 Å². The fourth-order valence-electron chi connectivity index (χ4n) is 9.12. The van der Waals surface area contributed by atoms with Gasteiger partial charge in [0, 0.05) is 13.0 Å². The summed E-state index contributed by atoms with van der Waals surface area (Å²) in [6, 6.07) is 0. The van der Waals surface area contributed by atoms with Gasteiger partial charge in [-0.3, -0.25) is 13.8 Å². The van der Waals surface area contributed by atoms with Crippen LogP contribution >= 0.6 is 7.82 Å². The van der Waals surface area contributed by atoms with Crippen molar-refractivity contribution in [2.45, 2.75) is 313 Å². The predicted molar refractivity (Wildman–Crippen MR) is 277 cm³/mol. The lowest BCUT2D eigenvalue weighted by Gasteiger charge is -2.41. The van der Waals surface area contributed by atoms with E-state index in [0.717, 1.165) is 44.9 Å². The molecule has 1 rings (SSSR count). The van der Waals surface area contributed by atoms with Crippen molar-refractivity contribution in [1.82, 2.24) is 0 Å². The second-order valence-electron chi connectivity index (χ2n) is 20.1. The molecule has 0 spiro atoms. The van der Waals surface area contributed by atoms with Crippen LogP contribution in [-0.2, 0) is 27.9 Å². The van der Waals surface area contributed by atoms with Crippen molar-refractivity contribution in [3.63, 3.8) is 0 Å². The fourth-order valence-corrected chi connectivity index (χ4v) is 10.1. The van der Waals surface area contributed by atoms with Gasteiger partial charge >= 0.3 is 13.8 Å². The summed E-state index contributed by atoms with van der Waals surface area (Å²) in [4.78, 5) is 23.3. The summed E-state index contributed by atoms with van der Waals surface area (Å²) in [7, 11) is -5.02. The van der Waals surface area contributed by atoms with E-state index >= 15 is 0 Å². The molecule has 0 bridgehead atoms. The van der Waals surface area contributed by atoms with E-state index in [2.05, 4.69) is 26.0 Å². The molecule has 0 aromatic heterocycles. The summed E-state index contributed by atoms with van der Waals surface area (Å²) in [6.45, 7) is 4.32. The first-order valence-corrected chi connectivity index (χ1v) is 30.0. The molecule has 0 aliphatic heterocycles. The van der Waals surface area contributed by atoms with Crippen molar-refractivity contribution >= 4 is 13.8 Å². The van der Waals surface area contributed by atoms with Crippen LogP contribution in [0.5, 0.6) is 0 Å². The van der Waals surface area contributed by atoms with Gasteiger partial charge in [0.15, 0.2) is 0 Å². The Morgan fingerprint density at radius 1 is 0.456 bits per heavy atom. The van der Waals surface area contributed by atoms with Gasteiger partial charge in [0.25, 0.3) is 0 Å². The van der Waals surface area contributed by atoms with Crippen molar-refractivity contribution in [2.24, 2.45) is 0 Å². The first-order valence-electron chi connectivity index (χ1n) is 28.5. The second-order valence-corrected chi connectivity index (χ2v) is 21.6. The molecule has 6 unspecified atom stereocenters. The van der Waals surface area contributed by atoms with Crippen LogP contribution in [0.15, 0.2) is 12.2 Å². The number of unbranched alkanes of at least 4 members (excludes halogenated alkanes) is 36. The maximum atomic E-state index is 12.9. The molecule has 1 aliphatic rings. The Labute approximate surface area is 416 Å². The Hall–Kier alpha value is -0.920. The van der Waals surface area contributed by atoms with Crippen molar-refractivity contribution in [1.29, 1.82) is 0 Å². The van der Waals surface area contributed by atoms with E-state index in [-0.39, 0.29) is 13.0 Å². The number of aliphatic hydroxyl groups is 5. The lowest BCUT2D eigenvalue weighted by atomic mass is 9.85. The smallest absolute Gasteiger partial charge is 0.457 e. The number of rotatable bonds is 50. The summed E-state index contributed by atoms with van der Waals surface area (Å²) >= 11 is 0. The van der Waals surface area contributed by atoms with Crippen LogP contribution in [0.2, 0.25) is 0 Å². The first-order chi connectivity index (χ1) is 33.0. The van der Waals surface area contributed by atoms with Crippen LogP contribution in [0.1, 0.15) is 271 Å². The minimum atomic E-state index is -5.02. The van der Waals surface area contributed by atoms with Gasteiger partial charge in [-0.2, -0.15) is 0 Å². The molecule has 6 N–H and O–H groups in total. The van der Waals surface area contributed by atoms with Gasteiger partial charge < -0.3 is 39.9 Å². The van der Waals surface area contributed by atoms with Crippen molar-refractivity contribution in [3.05, 3.63) is 12.2 Å². The lowest BCUT2D eigenvalue weighted by Crippen LogP contribution is -2.64. The highest BCUT2D eigenvalue weighted by atomic mass is 31.2. The molecule has 12 nitrogen and oxygen atoms in total. The number of carbonyl (C=O) groups is 1. The third-order valence-electron chi connectivity index (χ3n) is 13.6. The second kappa shape index (κ2) is 45.9. The van der Waals surface area contributed by atoms with E-state index in [4.69, 9.17) is 18.5 Å². The summed E-state index contributed by atoms with van der Waals surface area (Å²) in [6.07, 6.45) is 41.4. The van der Waals surface area contributed by atoms with Crippen LogP contribution in [0.4, 0.5) is 0 Å². The molecule has 404 valence electrons. The molecule has 6 atom stereocenters. The average Bonchev–Trinajstić information content (AvgIpc) is 3.32. The number of esters is 1. The summed E-state index contributed by atoms with van der Waals surface area (Å²) in [5, 5.41) is 50.4. The van der Waals surface area contributed by atoms with Gasteiger partial charge in [0.05, 0.1) is 13.2 Å². The number of carbonyl (C=O) groups excluding carboxylic acids is 1. The number of aliphatic hydroxyl groups excluding tert-OH is 5. The third-order valence-corrected chi connectivity index (χ3v) is 14.6. The van der Waals surface area contributed by atoms with Crippen LogP contribution in [0.25, 0.3) is 0 Å². The maximum Gasteiger partial charge on any atom is 0.472 e. The molecule has 0 saturated heterocycles. The predicted octanol–water partition coefficient (Wildman–Crippen LogP) is 13.4. The molecule has 68 heavy (non-hydrogen) atoms. The zero-order valence-electron chi connectivity index (χ0n) is 43.7. The van der Waals surface area contributed by atoms with Gasteiger partial charge in [-0.15, -0.1) is 0 Å². The Kier molecular flexibility index (Phi) is 43.9. The third kappa shape index (κ3) is 36.9. The SMILES string of the molecule is CCCCCCCCC/C=C\CCCCCCCCCC(=O)OC(COCCCCCCCCCCCCCCCCCCCCCCCCC)COP(=O)(O)OC1C(O)C(O)C(O)C(O)C1O. The first kappa shape index (κ1) is 65.1. The fraction of sp³-hybridized carbons (Fsp3) is 0.945. The van der Waals surface area contributed by atoms with E-state index in [0.29, 0.717) is 13.0 Å². The van der Waals surface area contributed by atoms with Crippen molar-refractivity contribution in [3.8, 4) is 0 Å². The Balaban J connectivity index is 2.27. The number of hydrogen-bond donors (Lipinski definition) is 6. The standard InChI is InChI=1S/C55H107O12P/c1-3-5-7-9-11-13-15-17-19-21-23-24-25-26-27-29-31-33-35-37-39-41-43-45-64-46-48(47-65-68(62,63)67-55-53(60)51(58)50(57)52(59)54(55)61)66-49(56)44-42-40-38-36-34-32-30-28-22-20-18-16-14-12-10-8-6-4-2/h20,22,48,50-55,57-61H,3-19,21,23-47H2,1-2H3,(H,62,63)/b22-20-.